The van der Waals surface area contributed by atoms with E-state index in [0.29, 0.717) is 5.41 Å². The predicted molar refractivity (Wildman–Crippen MR) is 62.3 cm³/mol. The highest BCUT2D eigenvalue weighted by molar-refractivity contribution is 9.10. The number of hydrogen-bond donors (Lipinski definition) is 1. The molecule has 0 saturated carbocycles. The average molecular weight is 258 g/mol. The zero-order chi connectivity index (χ0) is 10.6. The fourth-order valence-corrected chi connectivity index (χ4v) is 1.36. The van der Waals surface area contributed by atoms with E-state index in [2.05, 4.69) is 52.0 Å². The van der Waals surface area contributed by atoms with E-state index in [0.717, 1.165) is 23.3 Å². The second-order valence-electron chi connectivity index (χ2n) is 4.46. The molecule has 0 aromatic carbocycles. The summed E-state index contributed by atoms with van der Waals surface area (Å²) in [4.78, 5) is 8.03. The molecule has 1 heterocycles. The number of aromatic nitrogens is 2. The van der Waals surface area contributed by atoms with E-state index in [1.807, 2.05) is 0 Å². The summed E-state index contributed by atoms with van der Waals surface area (Å²) < 4.78 is 0.911. The molecule has 78 valence electrons. The summed E-state index contributed by atoms with van der Waals surface area (Å²) in [6.45, 7) is 7.61. The summed E-state index contributed by atoms with van der Waals surface area (Å²) in [6.07, 6.45) is 4.40. The Kier molecular flexibility index (Phi) is 3.86. The minimum absolute atomic E-state index is 0.354. The largest absolute Gasteiger partial charge is 0.369 e. The van der Waals surface area contributed by atoms with Gasteiger partial charge in [-0.25, -0.2) is 9.97 Å². The van der Waals surface area contributed by atoms with Crippen LogP contribution in [0.5, 0.6) is 0 Å². The first-order chi connectivity index (χ1) is 6.49. The van der Waals surface area contributed by atoms with E-state index < -0.39 is 0 Å². The van der Waals surface area contributed by atoms with Gasteiger partial charge < -0.3 is 5.32 Å². The molecule has 0 amide bonds. The van der Waals surface area contributed by atoms with Crippen molar-refractivity contribution in [3.8, 4) is 0 Å². The first kappa shape index (κ1) is 11.4. The van der Waals surface area contributed by atoms with Gasteiger partial charge in [0.15, 0.2) is 0 Å². The van der Waals surface area contributed by atoms with Crippen molar-refractivity contribution in [1.82, 2.24) is 9.97 Å². The highest BCUT2D eigenvalue weighted by atomic mass is 79.9. The molecule has 3 nitrogen and oxygen atoms in total. The van der Waals surface area contributed by atoms with Gasteiger partial charge in [0.25, 0.3) is 0 Å². The maximum Gasteiger partial charge on any atom is 0.143 e. The van der Waals surface area contributed by atoms with Gasteiger partial charge in [0.05, 0.1) is 4.47 Å². The SMILES string of the molecule is CC(C)(C)CCNc1ncncc1Br. The van der Waals surface area contributed by atoms with Gasteiger partial charge in [0, 0.05) is 12.7 Å². The molecule has 0 spiro atoms. The normalized spacial score (nSPS) is 11.4. The topological polar surface area (TPSA) is 37.8 Å². The minimum Gasteiger partial charge on any atom is -0.369 e. The number of halogens is 1. The highest BCUT2D eigenvalue weighted by Crippen LogP contribution is 2.20. The third kappa shape index (κ3) is 4.05. The Labute approximate surface area is 93.5 Å². The second kappa shape index (κ2) is 4.73. The monoisotopic (exact) mass is 257 g/mol. The van der Waals surface area contributed by atoms with Crippen LogP contribution in [0.25, 0.3) is 0 Å². The van der Waals surface area contributed by atoms with E-state index in [-0.39, 0.29) is 0 Å². The lowest BCUT2D eigenvalue weighted by Crippen LogP contribution is -2.13. The molecule has 0 aliphatic heterocycles. The third-order valence-corrected chi connectivity index (χ3v) is 2.42. The molecule has 0 bridgehead atoms. The van der Waals surface area contributed by atoms with Gasteiger partial charge in [-0.15, -0.1) is 0 Å². The second-order valence-corrected chi connectivity index (χ2v) is 5.31. The van der Waals surface area contributed by atoms with Gasteiger partial charge in [-0.3, -0.25) is 0 Å². The Morgan fingerprint density at radius 2 is 2.14 bits per heavy atom. The van der Waals surface area contributed by atoms with E-state index in [1.165, 1.54) is 0 Å². The van der Waals surface area contributed by atoms with Crippen LogP contribution in [0.15, 0.2) is 17.0 Å². The molecule has 0 atom stereocenters. The molecule has 0 unspecified atom stereocenters. The molecule has 0 radical (unpaired) electrons. The molecule has 4 heteroatoms. The molecule has 1 rings (SSSR count). The Bertz CT molecular complexity index is 294. The number of hydrogen-bond acceptors (Lipinski definition) is 3. The predicted octanol–water partition coefficient (Wildman–Crippen LogP) is 3.09. The molecule has 14 heavy (non-hydrogen) atoms. The zero-order valence-electron chi connectivity index (χ0n) is 8.84. The fourth-order valence-electron chi connectivity index (χ4n) is 0.999. The summed E-state index contributed by atoms with van der Waals surface area (Å²) in [5.74, 6) is 0.865. The highest BCUT2D eigenvalue weighted by Gasteiger charge is 2.09. The Morgan fingerprint density at radius 1 is 1.43 bits per heavy atom. The van der Waals surface area contributed by atoms with Gasteiger partial charge in [0.1, 0.15) is 12.1 Å². The van der Waals surface area contributed by atoms with Crippen LogP contribution in [-0.2, 0) is 0 Å². The van der Waals surface area contributed by atoms with Gasteiger partial charge in [-0.2, -0.15) is 0 Å². The van der Waals surface area contributed by atoms with Gasteiger partial charge in [-0.1, -0.05) is 20.8 Å². The summed E-state index contributed by atoms with van der Waals surface area (Å²) in [5, 5.41) is 3.27. The third-order valence-electron chi connectivity index (χ3n) is 1.84. The van der Waals surface area contributed by atoms with Crippen molar-refractivity contribution in [2.45, 2.75) is 27.2 Å². The van der Waals surface area contributed by atoms with Gasteiger partial charge >= 0.3 is 0 Å². The summed E-state index contributed by atoms with van der Waals surface area (Å²) in [7, 11) is 0. The molecule has 0 fully saturated rings. The Morgan fingerprint density at radius 3 is 2.71 bits per heavy atom. The van der Waals surface area contributed by atoms with Crippen molar-refractivity contribution in [3.05, 3.63) is 17.0 Å². The van der Waals surface area contributed by atoms with Crippen LogP contribution in [0.1, 0.15) is 27.2 Å². The van der Waals surface area contributed by atoms with Crippen LogP contribution < -0.4 is 5.32 Å². The van der Waals surface area contributed by atoms with Crippen molar-refractivity contribution in [2.24, 2.45) is 5.41 Å². The molecule has 1 N–H and O–H groups in total. The van der Waals surface area contributed by atoms with Crippen molar-refractivity contribution in [2.75, 3.05) is 11.9 Å². The van der Waals surface area contributed by atoms with Crippen molar-refractivity contribution in [1.29, 1.82) is 0 Å². The van der Waals surface area contributed by atoms with E-state index in [4.69, 9.17) is 0 Å². The molecule has 0 aliphatic rings. The maximum absolute atomic E-state index is 4.13. The smallest absolute Gasteiger partial charge is 0.143 e. The number of anilines is 1. The van der Waals surface area contributed by atoms with Crippen LogP contribution in [0.4, 0.5) is 5.82 Å². The van der Waals surface area contributed by atoms with Gasteiger partial charge in [-0.05, 0) is 27.8 Å². The van der Waals surface area contributed by atoms with Crippen LogP contribution >= 0.6 is 15.9 Å². The number of nitrogens with zero attached hydrogens (tertiary/aromatic N) is 2. The van der Waals surface area contributed by atoms with E-state index >= 15 is 0 Å². The quantitative estimate of drug-likeness (QED) is 0.905. The molecule has 1 aromatic heterocycles. The standard InChI is InChI=1S/C10H16BrN3/c1-10(2,3)4-5-13-9-8(11)6-12-7-14-9/h6-7H,4-5H2,1-3H3,(H,12,13,14). The van der Waals surface area contributed by atoms with Crippen LogP contribution in [-0.4, -0.2) is 16.5 Å². The van der Waals surface area contributed by atoms with Crippen LogP contribution in [0.3, 0.4) is 0 Å². The zero-order valence-corrected chi connectivity index (χ0v) is 10.4. The average Bonchev–Trinajstić information content (AvgIpc) is 2.06. The van der Waals surface area contributed by atoms with E-state index in [9.17, 15) is 0 Å². The molecule has 0 aliphatic carbocycles. The maximum atomic E-state index is 4.13. The van der Waals surface area contributed by atoms with Crippen molar-refractivity contribution < 1.29 is 0 Å². The molecular weight excluding hydrogens is 242 g/mol. The minimum atomic E-state index is 0.354. The summed E-state index contributed by atoms with van der Waals surface area (Å²) in [5.41, 5.74) is 0.354. The fraction of sp³-hybridized carbons (Fsp3) is 0.600. The Balaban J connectivity index is 2.43. The summed E-state index contributed by atoms with van der Waals surface area (Å²) in [6, 6.07) is 0. The molecule has 0 saturated heterocycles. The summed E-state index contributed by atoms with van der Waals surface area (Å²) >= 11 is 3.39. The first-order valence-electron chi connectivity index (χ1n) is 4.68. The van der Waals surface area contributed by atoms with Gasteiger partial charge in [0.2, 0.25) is 0 Å². The number of rotatable bonds is 3. The molecule has 1 aromatic rings. The van der Waals surface area contributed by atoms with Crippen LogP contribution in [0, 0.1) is 5.41 Å². The van der Waals surface area contributed by atoms with Crippen molar-refractivity contribution in [3.63, 3.8) is 0 Å². The van der Waals surface area contributed by atoms with Crippen LogP contribution in [0.2, 0.25) is 0 Å². The lowest BCUT2D eigenvalue weighted by molar-refractivity contribution is 0.389. The Hall–Kier alpha value is -0.640. The first-order valence-corrected chi connectivity index (χ1v) is 5.48. The van der Waals surface area contributed by atoms with E-state index in [1.54, 1.807) is 12.5 Å². The lowest BCUT2D eigenvalue weighted by atomic mass is 9.92. The number of nitrogens with one attached hydrogen (secondary N) is 1. The lowest BCUT2D eigenvalue weighted by Gasteiger charge is -2.18. The molecular formula is C10H16BrN3. The van der Waals surface area contributed by atoms with Crippen molar-refractivity contribution >= 4 is 21.7 Å².